The van der Waals surface area contributed by atoms with E-state index in [4.69, 9.17) is 16.3 Å². The molecular weight excluding hydrogens is 268 g/mol. The maximum Gasteiger partial charge on any atom is 0.322 e. The van der Waals surface area contributed by atoms with E-state index in [9.17, 15) is 0 Å². The Bertz CT molecular complexity index is 556. The molecule has 0 radical (unpaired) electrons. The van der Waals surface area contributed by atoms with E-state index in [2.05, 4.69) is 25.4 Å². The van der Waals surface area contributed by atoms with Gasteiger partial charge in [0.25, 0.3) is 0 Å². The molecule has 1 N–H and O–H groups in total. The highest BCUT2D eigenvalue weighted by Crippen LogP contribution is 2.13. The van der Waals surface area contributed by atoms with Crippen LogP contribution in [0.3, 0.4) is 0 Å². The number of halogens is 1. The van der Waals surface area contributed by atoms with Gasteiger partial charge in [-0.2, -0.15) is 20.1 Å². The lowest BCUT2D eigenvalue weighted by atomic mass is 10.4. The SMILES string of the molecule is CC(C)Oc1nc(Cl)nc(NCc2ccnn2C)n1. The van der Waals surface area contributed by atoms with Crippen molar-refractivity contribution in [2.45, 2.75) is 26.5 Å². The second-order valence-corrected chi connectivity index (χ2v) is 4.51. The van der Waals surface area contributed by atoms with Gasteiger partial charge in [0.1, 0.15) is 0 Å². The Morgan fingerprint density at radius 3 is 2.79 bits per heavy atom. The highest BCUT2D eigenvalue weighted by atomic mass is 35.5. The molecule has 0 saturated carbocycles. The van der Waals surface area contributed by atoms with Crippen LogP contribution in [-0.2, 0) is 13.6 Å². The van der Waals surface area contributed by atoms with Gasteiger partial charge < -0.3 is 10.1 Å². The Hall–Kier alpha value is -1.89. The number of aromatic nitrogens is 5. The van der Waals surface area contributed by atoms with Crippen molar-refractivity contribution >= 4 is 17.5 Å². The van der Waals surface area contributed by atoms with Gasteiger partial charge in [-0.3, -0.25) is 4.68 Å². The molecule has 0 aliphatic heterocycles. The third-order valence-corrected chi connectivity index (χ3v) is 2.45. The van der Waals surface area contributed by atoms with Gasteiger partial charge in [0.2, 0.25) is 11.2 Å². The quantitative estimate of drug-likeness (QED) is 0.898. The first-order chi connectivity index (χ1) is 9.04. The molecular formula is C11H15ClN6O. The second kappa shape index (κ2) is 5.83. The van der Waals surface area contributed by atoms with Crippen LogP contribution in [0.2, 0.25) is 5.28 Å². The number of hydrogen-bond donors (Lipinski definition) is 1. The van der Waals surface area contributed by atoms with Crippen LogP contribution < -0.4 is 10.1 Å². The van der Waals surface area contributed by atoms with Crippen LogP contribution >= 0.6 is 11.6 Å². The number of ether oxygens (including phenoxy) is 1. The van der Waals surface area contributed by atoms with E-state index in [0.29, 0.717) is 12.5 Å². The maximum atomic E-state index is 5.83. The zero-order chi connectivity index (χ0) is 13.8. The highest BCUT2D eigenvalue weighted by Gasteiger charge is 2.08. The Balaban J connectivity index is 2.07. The first kappa shape index (κ1) is 13.5. The summed E-state index contributed by atoms with van der Waals surface area (Å²) in [6, 6.07) is 2.11. The summed E-state index contributed by atoms with van der Waals surface area (Å²) in [4.78, 5) is 12.0. The minimum Gasteiger partial charge on any atom is -0.461 e. The minimum atomic E-state index is -0.0246. The first-order valence-electron chi connectivity index (χ1n) is 5.83. The van der Waals surface area contributed by atoms with Crippen molar-refractivity contribution in [1.82, 2.24) is 24.7 Å². The van der Waals surface area contributed by atoms with Crippen LogP contribution in [-0.4, -0.2) is 30.8 Å². The summed E-state index contributed by atoms with van der Waals surface area (Å²) in [5.41, 5.74) is 1.00. The zero-order valence-corrected chi connectivity index (χ0v) is 11.7. The van der Waals surface area contributed by atoms with Crippen molar-refractivity contribution in [3.63, 3.8) is 0 Å². The molecule has 0 fully saturated rings. The van der Waals surface area contributed by atoms with Gasteiger partial charge in [0.05, 0.1) is 18.3 Å². The lowest BCUT2D eigenvalue weighted by Crippen LogP contribution is -2.12. The predicted octanol–water partition coefficient (Wildman–Crippen LogP) is 1.66. The van der Waals surface area contributed by atoms with Crippen molar-refractivity contribution in [2.24, 2.45) is 7.05 Å². The smallest absolute Gasteiger partial charge is 0.322 e. The lowest BCUT2D eigenvalue weighted by molar-refractivity contribution is 0.222. The average Bonchev–Trinajstić information content (AvgIpc) is 2.70. The number of rotatable bonds is 5. The van der Waals surface area contributed by atoms with E-state index in [1.165, 1.54) is 0 Å². The molecule has 102 valence electrons. The summed E-state index contributed by atoms with van der Waals surface area (Å²) < 4.78 is 7.16. The summed E-state index contributed by atoms with van der Waals surface area (Å²) in [6.45, 7) is 4.32. The summed E-state index contributed by atoms with van der Waals surface area (Å²) >= 11 is 5.83. The average molecular weight is 283 g/mol. The molecule has 2 aromatic heterocycles. The third kappa shape index (κ3) is 3.78. The lowest BCUT2D eigenvalue weighted by Gasteiger charge is -2.09. The summed E-state index contributed by atoms with van der Waals surface area (Å²) in [5, 5.41) is 7.23. The van der Waals surface area contributed by atoms with Crippen molar-refractivity contribution in [3.8, 4) is 6.01 Å². The fourth-order valence-electron chi connectivity index (χ4n) is 1.42. The van der Waals surface area contributed by atoms with E-state index >= 15 is 0 Å². The molecule has 0 unspecified atom stereocenters. The molecule has 8 heteroatoms. The first-order valence-corrected chi connectivity index (χ1v) is 6.21. The molecule has 0 saturated heterocycles. The van der Waals surface area contributed by atoms with Gasteiger partial charge in [0.15, 0.2) is 0 Å². The molecule has 0 amide bonds. The Morgan fingerprint density at radius 1 is 1.37 bits per heavy atom. The molecule has 0 aliphatic carbocycles. The van der Waals surface area contributed by atoms with Crippen LogP contribution in [0, 0.1) is 0 Å². The fraction of sp³-hybridized carbons (Fsp3) is 0.455. The summed E-state index contributed by atoms with van der Waals surface area (Å²) in [5.74, 6) is 0.372. The van der Waals surface area contributed by atoms with E-state index in [-0.39, 0.29) is 17.4 Å². The van der Waals surface area contributed by atoms with Crippen molar-refractivity contribution in [3.05, 3.63) is 23.2 Å². The summed E-state index contributed by atoms with van der Waals surface area (Å²) in [6.07, 6.45) is 1.70. The largest absolute Gasteiger partial charge is 0.461 e. The van der Waals surface area contributed by atoms with Crippen LogP contribution in [0.15, 0.2) is 12.3 Å². The van der Waals surface area contributed by atoms with Crippen molar-refractivity contribution in [1.29, 1.82) is 0 Å². The molecule has 7 nitrogen and oxygen atoms in total. The second-order valence-electron chi connectivity index (χ2n) is 4.18. The van der Waals surface area contributed by atoms with Gasteiger partial charge in [0, 0.05) is 13.2 Å². The number of hydrogen-bond acceptors (Lipinski definition) is 6. The molecule has 0 bridgehead atoms. The maximum absolute atomic E-state index is 5.83. The third-order valence-electron chi connectivity index (χ3n) is 2.28. The van der Waals surface area contributed by atoms with Crippen LogP contribution in [0.4, 0.5) is 5.95 Å². The number of nitrogens with zero attached hydrogens (tertiary/aromatic N) is 5. The predicted molar refractivity (Wildman–Crippen MR) is 71.1 cm³/mol. The van der Waals surface area contributed by atoms with Crippen molar-refractivity contribution < 1.29 is 4.74 Å². The molecule has 0 aromatic carbocycles. The van der Waals surface area contributed by atoms with Crippen LogP contribution in [0.1, 0.15) is 19.5 Å². The molecule has 2 rings (SSSR count). The van der Waals surface area contributed by atoms with Gasteiger partial charge in [-0.1, -0.05) is 0 Å². The molecule has 2 heterocycles. The highest BCUT2D eigenvalue weighted by molar-refractivity contribution is 6.28. The zero-order valence-electron chi connectivity index (χ0n) is 11.0. The topological polar surface area (TPSA) is 77.8 Å². The normalized spacial score (nSPS) is 10.8. The monoisotopic (exact) mass is 282 g/mol. The van der Waals surface area contributed by atoms with Crippen LogP contribution in [0.5, 0.6) is 6.01 Å². The number of anilines is 1. The standard InChI is InChI=1S/C11H15ClN6O/c1-7(2)19-11-16-9(12)15-10(17-11)13-6-8-4-5-14-18(8)3/h4-5,7H,6H2,1-3H3,(H,13,15,16,17). The van der Waals surface area contributed by atoms with Gasteiger partial charge in [-0.05, 0) is 31.5 Å². The molecule has 2 aromatic rings. The van der Waals surface area contributed by atoms with E-state index in [0.717, 1.165) is 5.69 Å². The van der Waals surface area contributed by atoms with E-state index in [1.54, 1.807) is 10.9 Å². The van der Waals surface area contributed by atoms with Gasteiger partial charge in [-0.15, -0.1) is 0 Å². The molecule has 0 aliphatic rings. The van der Waals surface area contributed by atoms with Crippen molar-refractivity contribution in [2.75, 3.05) is 5.32 Å². The summed E-state index contributed by atoms with van der Waals surface area (Å²) in [7, 11) is 1.87. The molecule has 0 spiro atoms. The fourth-order valence-corrected chi connectivity index (χ4v) is 1.57. The van der Waals surface area contributed by atoms with E-state index < -0.39 is 0 Å². The Kier molecular flexibility index (Phi) is 4.16. The number of nitrogens with one attached hydrogen (secondary N) is 1. The number of aryl methyl sites for hydroxylation is 1. The van der Waals surface area contributed by atoms with Gasteiger partial charge >= 0.3 is 6.01 Å². The minimum absolute atomic E-state index is 0.0246. The molecule has 19 heavy (non-hydrogen) atoms. The molecule has 0 atom stereocenters. The van der Waals surface area contributed by atoms with Gasteiger partial charge in [-0.25, -0.2) is 0 Å². The Labute approximate surface area is 116 Å². The van der Waals surface area contributed by atoms with E-state index in [1.807, 2.05) is 27.0 Å². The van der Waals surface area contributed by atoms with Crippen LogP contribution in [0.25, 0.3) is 0 Å². The Morgan fingerprint density at radius 2 is 2.16 bits per heavy atom.